The minimum atomic E-state index is -0.827. The molecular weight excluding hydrogens is 430 g/mol. The van der Waals surface area contributed by atoms with Gasteiger partial charge in [0.1, 0.15) is 12.4 Å². The molecule has 0 N–H and O–H groups in total. The molecule has 1 aliphatic heterocycles. The highest BCUT2D eigenvalue weighted by Crippen LogP contribution is 2.25. The second-order valence-electron chi connectivity index (χ2n) is 8.11. The molecule has 1 aliphatic rings. The molecule has 0 radical (unpaired) electrons. The minimum Gasteiger partial charge on any atom is -0.488 e. The van der Waals surface area contributed by atoms with Gasteiger partial charge in [-0.15, -0.1) is 11.3 Å². The number of rotatable bonds is 6. The maximum absolute atomic E-state index is 13.9. The predicted octanol–water partition coefficient (Wildman–Crippen LogP) is 5.18. The smallest absolute Gasteiger partial charge is 0.264 e. The molecule has 0 unspecified atom stereocenters. The lowest BCUT2D eigenvalue weighted by molar-refractivity contribution is 0.0631. The second-order valence-corrected chi connectivity index (χ2v) is 9.02. The van der Waals surface area contributed by atoms with E-state index in [1.807, 2.05) is 53.3 Å². The second kappa shape index (κ2) is 9.79. The third kappa shape index (κ3) is 5.00. The topological polar surface area (TPSA) is 32.8 Å². The lowest BCUT2D eigenvalue weighted by Gasteiger charge is -2.34. The van der Waals surface area contributed by atoms with Gasteiger partial charge in [0, 0.05) is 43.9 Å². The molecule has 0 aliphatic carbocycles. The predicted molar refractivity (Wildman–Crippen MR) is 122 cm³/mol. The molecule has 1 amide bonds. The quantitative estimate of drug-likeness (QED) is 0.512. The van der Waals surface area contributed by atoms with Crippen LogP contribution >= 0.6 is 11.3 Å². The standard InChI is InChI=1S/C25H26F2N2O2S/c1-17-5-3-6-18(2)24(17)31-15-19-13-22(32-16-19)25(30)29-11-9-28(10-12-29)14-20-7-4-8-21(26)23(20)27/h3-8,13,16H,9-12,14-15H2,1-2H3. The Hall–Kier alpha value is -2.77. The van der Waals surface area contributed by atoms with Crippen LogP contribution in [-0.2, 0) is 13.2 Å². The first-order valence-corrected chi connectivity index (χ1v) is 11.5. The number of thiophene rings is 1. The van der Waals surface area contributed by atoms with E-state index in [4.69, 9.17) is 4.74 Å². The van der Waals surface area contributed by atoms with Gasteiger partial charge in [-0.05, 0) is 42.5 Å². The summed E-state index contributed by atoms with van der Waals surface area (Å²) >= 11 is 1.43. The highest BCUT2D eigenvalue weighted by Gasteiger charge is 2.24. The van der Waals surface area contributed by atoms with Crippen LogP contribution in [0.5, 0.6) is 5.75 Å². The van der Waals surface area contributed by atoms with E-state index in [-0.39, 0.29) is 5.91 Å². The van der Waals surface area contributed by atoms with E-state index >= 15 is 0 Å². The number of hydrogen-bond donors (Lipinski definition) is 0. The van der Waals surface area contributed by atoms with Gasteiger partial charge in [-0.3, -0.25) is 9.69 Å². The molecule has 4 rings (SSSR count). The van der Waals surface area contributed by atoms with E-state index in [1.165, 1.54) is 17.4 Å². The normalized spacial score (nSPS) is 14.6. The maximum Gasteiger partial charge on any atom is 0.264 e. The van der Waals surface area contributed by atoms with Crippen LogP contribution in [0.3, 0.4) is 0 Å². The number of amides is 1. The largest absolute Gasteiger partial charge is 0.488 e. The summed E-state index contributed by atoms with van der Waals surface area (Å²) in [7, 11) is 0. The van der Waals surface area contributed by atoms with Crippen molar-refractivity contribution in [3.8, 4) is 5.75 Å². The van der Waals surface area contributed by atoms with Crippen molar-refractivity contribution in [2.24, 2.45) is 0 Å². The Morgan fingerprint density at radius 3 is 2.44 bits per heavy atom. The van der Waals surface area contributed by atoms with Crippen LogP contribution in [0.25, 0.3) is 0 Å². The van der Waals surface area contributed by atoms with Gasteiger partial charge in [0.25, 0.3) is 5.91 Å². The number of ether oxygens (including phenoxy) is 1. The number of halogens is 2. The molecule has 0 saturated carbocycles. The average molecular weight is 457 g/mol. The number of nitrogens with zero attached hydrogens (tertiary/aromatic N) is 2. The third-order valence-electron chi connectivity index (χ3n) is 5.74. The van der Waals surface area contributed by atoms with Crippen LogP contribution in [-0.4, -0.2) is 41.9 Å². The van der Waals surface area contributed by atoms with E-state index in [0.29, 0.717) is 49.8 Å². The van der Waals surface area contributed by atoms with Crippen molar-refractivity contribution >= 4 is 17.2 Å². The molecule has 32 heavy (non-hydrogen) atoms. The van der Waals surface area contributed by atoms with Crippen molar-refractivity contribution < 1.29 is 18.3 Å². The molecule has 4 nitrogen and oxygen atoms in total. The fraction of sp³-hybridized carbons (Fsp3) is 0.320. The van der Waals surface area contributed by atoms with Crippen LogP contribution in [0.4, 0.5) is 8.78 Å². The van der Waals surface area contributed by atoms with E-state index in [2.05, 4.69) is 0 Å². The van der Waals surface area contributed by atoms with Crippen molar-refractivity contribution in [3.63, 3.8) is 0 Å². The van der Waals surface area contributed by atoms with E-state index < -0.39 is 11.6 Å². The first-order valence-electron chi connectivity index (χ1n) is 10.6. The number of para-hydroxylation sites is 1. The number of benzene rings is 2. The highest BCUT2D eigenvalue weighted by molar-refractivity contribution is 7.12. The van der Waals surface area contributed by atoms with Crippen LogP contribution < -0.4 is 4.74 Å². The molecule has 2 heterocycles. The summed E-state index contributed by atoms with van der Waals surface area (Å²) in [5, 5.41) is 1.96. The lowest BCUT2D eigenvalue weighted by atomic mass is 10.1. The van der Waals surface area contributed by atoms with E-state index in [9.17, 15) is 13.6 Å². The van der Waals surface area contributed by atoms with Crippen molar-refractivity contribution in [3.05, 3.63) is 86.6 Å². The molecule has 0 atom stereocenters. The Kier molecular flexibility index (Phi) is 6.86. The number of piperazine rings is 1. The molecule has 7 heteroatoms. The Bertz CT molecular complexity index is 1090. The Balaban J connectivity index is 1.31. The van der Waals surface area contributed by atoms with E-state index in [0.717, 1.165) is 28.5 Å². The molecule has 0 spiro atoms. The Morgan fingerprint density at radius 1 is 1.03 bits per heavy atom. The van der Waals surface area contributed by atoms with E-state index in [1.54, 1.807) is 6.07 Å². The first-order chi connectivity index (χ1) is 15.4. The monoisotopic (exact) mass is 456 g/mol. The zero-order valence-electron chi connectivity index (χ0n) is 18.2. The van der Waals surface area contributed by atoms with Crippen molar-refractivity contribution in [2.75, 3.05) is 26.2 Å². The van der Waals surface area contributed by atoms with Gasteiger partial charge in [-0.1, -0.05) is 30.3 Å². The molecule has 1 fully saturated rings. The van der Waals surface area contributed by atoms with Gasteiger partial charge in [0.2, 0.25) is 0 Å². The summed E-state index contributed by atoms with van der Waals surface area (Å²) < 4.78 is 33.4. The number of aryl methyl sites for hydroxylation is 2. The molecule has 168 valence electrons. The van der Waals surface area contributed by atoms with Gasteiger partial charge in [0.15, 0.2) is 11.6 Å². The highest BCUT2D eigenvalue weighted by atomic mass is 32.1. The number of carbonyl (C=O) groups excluding carboxylic acids is 1. The molecule has 1 aromatic heterocycles. The summed E-state index contributed by atoms with van der Waals surface area (Å²) in [5.74, 6) is -0.728. The first kappa shape index (κ1) is 22.4. The number of hydrogen-bond acceptors (Lipinski definition) is 4. The van der Waals surface area contributed by atoms with Crippen LogP contribution in [0.15, 0.2) is 47.8 Å². The average Bonchev–Trinajstić information content (AvgIpc) is 3.26. The molecule has 0 bridgehead atoms. The summed E-state index contributed by atoms with van der Waals surface area (Å²) in [5.41, 5.74) is 3.50. The van der Waals surface area contributed by atoms with Gasteiger partial charge in [0.05, 0.1) is 4.88 Å². The zero-order valence-corrected chi connectivity index (χ0v) is 19.1. The fourth-order valence-corrected chi connectivity index (χ4v) is 4.79. The Labute approximate surface area is 191 Å². The molecule has 1 saturated heterocycles. The van der Waals surface area contributed by atoms with Crippen LogP contribution in [0.1, 0.15) is 31.9 Å². The summed E-state index contributed by atoms with van der Waals surface area (Å²) in [6, 6.07) is 12.2. The fourth-order valence-electron chi connectivity index (χ4n) is 3.92. The zero-order chi connectivity index (χ0) is 22.7. The molecule has 3 aromatic rings. The summed E-state index contributed by atoms with van der Waals surface area (Å²) in [6.07, 6.45) is 0. The van der Waals surface area contributed by atoms with Gasteiger partial charge in [-0.2, -0.15) is 0 Å². The summed E-state index contributed by atoms with van der Waals surface area (Å²) in [4.78, 5) is 17.5. The molecule has 2 aromatic carbocycles. The minimum absolute atomic E-state index is 0.00454. The summed E-state index contributed by atoms with van der Waals surface area (Å²) in [6.45, 7) is 7.16. The lowest BCUT2D eigenvalue weighted by Crippen LogP contribution is -2.48. The van der Waals surface area contributed by atoms with Crippen molar-refractivity contribution in [1.82, 2.24) is 9.80 Å². The van der Waals surface area contributed by atoms with Gasteiger partial charge >= 0.3 is 0 Å². The van der Waals surface area contributed by atoms with Crippen LogP contribution in [0.2, 0.25) is 0 Å². The van der Waals surface area contributed by atoms with Crippen molar-refractivity contribution in [2.45, 2.75) is 27.0 Å². The Morgan fingerprint density at radius 2 is 1.72 bits per heavy atom. The van der Waals surface area contributed by atoms with Crippen LogP contribution in [0, 0.1) is 25.5 Å². The molecular formula is C25H26F2N2O2S. The van der Waals surface area contributed by atoms with Gasteiger partial charge in [-0.25, -0.2) is 8.78 Å². The number of carbonyl (C=O) groups is 1. The van der Waals surface area contributed by atoms with Crippen molar-refractivity contribution in [1.29, 1.82) is 0 Å². The third-order valence-corrected chi connectivity index (χ3v) is 6.71. The van der Waals surface area contributed by atoms with Gasteiger partial charge < -0.3 is 9.64 Å². The maximum atomic E-state index is 13.9. The SMILES string of the molecule is Cc1cccc(C)c1OCc1csc(C(=O)N2CCN(Cc3cccc(F)c3F)CC2)c1.